The fourth-order valence-corrected chi connectivity index (χ4v) is 4.07. The van der Waals surface area contributed by atoms with Gasteiger partial charge in [-0.15, -0.1) is 4.40 Å². The molecule has 3 N–H and O–H groups in total. The summed E-state index contributed by atoms with van der Waals surface area (Å²) >= 11 is 0. The molecule has 1 aliphatic rings. The van der Waals surface area contributed by atoms with E-state index in [1.54, 1.807) is 20.2 Å². The molecule has 0 fully saturated rings. The molecule has 1 amide bonds. The maximum atomic E-state index is 12.3. The molecule has 178 valence electrons. The summed E-state index contributed by atoms with van der Waals surface area (Å²) in [6.45, 7) is 9.66. The lowest BCUT2D eigenvalue weighted by atomic mass is 9.85. The molecule has 1 aliphatic heterocycles. The number of rotatable bonds is 4. The number of carbonyl (C=O) groups is 1. The number of para-hydroxylation sites is 1. The second-order valence-electron chi connectivity index (χ2n) is 9.18. The zero-order valence-electron chi connectivity index (χ0n) is 19.7. The molecule has 0 saturated carbocycles. The number of aryl methyl sites for hydroxylation is 2. The summed E-state index contributed by atoms with van der Waals surface area (Å²) in [6.07, 6.45) is 0. The van der Waals surface area contributed by atoms with Gasteiger partial charge in [0, 0.05) is 14.1 Å². The average molecular weight is 476 g/mol. The van der Waals surface area contributed by atoms with E-state index in [1.165, 1.54) is 17.0 Å². The van der Waals surface area contributed by atoms with Crippen molar-refractivity contribution in [2.75, 3.05) is 19.4 Å². The smallest absolute Gasteiger partial charge is 0.345 e. The number of hydrogen-bond acceptors (Lipinski definition) is 7. The third kappa shape index (κ3) is 5.19. The molecule has 0 radical (unpaired) electrons. The summed E-state index contributed by atoms with van der Waals surface area (Å²) in [5.74, 6) is 0.495. The molecule has 0 unspecified atom stereocenters. The van der Waals surface area contributed by atoms with Crippen molar-refractivity contribution in [2.45, 2.75) is 40.7 Å². The van der Waals surface area contributed by atoms with E-state index in [1.807, 2.05) is 40.7 Å². The Hall–Kier alpha value is -3.34. The summed E-state index contributed by atoms with van der Waals surface area (Å²) in [5.41, 5.74) is 0.728. The Balaban J connectivity index is 2.04. The molecule has 33 heavy (non-hydrogen) atoms. The Labute approximate surface area is 193 Å². The van der Waals surface area contributed by atoms with E-state index in [0.29, 0.717) is 5.76 Å². The molecule has 2 aromatic rings. The van der Waals surface area contributed by atoms with Crippen LogP contribution in [0, 0.1) is 19.3 Å². The quantitative estimate of drug-likeness (QED) is 0.581. The summed E-state index contributed by atoms with van der Waals surface area (Å²) in [7, 11) is -0.908. The SMILES string of the molecule is Cc1cc([C@H](N=C2NS(=O)(=O)N=C2Nc2cccc(C(=O)N(C)C)c2O)C(C)(C)C)oc1C. The number of aliphatic imine (C=N–C) groups is 1. The Kier molecular flexibility index (Phi) is 6.29. The molecule has 0 spiro atoms. The number of phenols is 1. The van der Waals surface area contributed by atoms with Gasteiger partial charge in [0.15, 0.2) is 17.4 Å². The number of nitrogens with zero attached hydrogens (tertiary/aromatic N) is 3. The summed E-state index contributed by atoms with van der Waals surface area (Å²) < 4.78 is 36.4. The van der Waals surface area contributed by atoms with Crippen molar-refractivity contribution in [1.82, 2.24) is 9.62 Å². The summed E-state index contributed by atoms with van der Waals surface area (Å²) in [6, 6.07) is 5.90. The Bertz CT molecular complexity index is 1230. The molecule has 0 saturated heterocycles. The predicted molar refractivity (Wildman–Crippen MR) is 127 cm³/mol. The van der Waals surface area contributed by atoms with Crippen LogP contribution in [0.25, 0.3) is 0 Å². The van der Waals surface area contributed by atoms with Crippen LogP contribution in [0.4, 0.5) is 5.69 Å². The van der Waals surface area contributed by atoms with Gasteiger partial charge < -0.3 is 19.7 Å². The van der Waals surface area contributed by atoms with Crippen LogP contribution in [0.3, 0.4) is 0 Å². The van der Waals surface area contributed by atoms with Crippen LogP contribution < -0.4 is 10.0 Å². The Morgan fingerprint density at radius 1 is 1.27 bits per heavy atom. The van der Waals surface area contributed by atoms with Gasteiger partial charge in [0.25, 0.3) is 5.91 Å². The highest BCUT2D eigenvalue weighted by Crippen LogP contribution is 2.38. The van der Waals surface area contributed by atoms with Crippen LogP contribution in [0.15, 0.2) is 38.1 Å². The highest BCUT2D eigenvalue weighted by molar-refractivity contribution is 7.89. The van der Waals surface area contributed by atoms with Crippen LogP contribution in [0.1, 0.15) is 54.3 Å². The highest BCUT2D eigenvalue weighted by atomic mass is 32.2. The zero-order chi connectivity index (χ0) is 24.7. The normalized spacial score (nSPS) is 17.4. The number of carbonyl (C=O) groups excluding carboxylic acids is 1. The second-order valence-corrected chi connectivity index (χ2v) is 10.5. The standard InChI is InChI=1S/C22H29N5O5S/c1-12-11-16(32-13(12)2)18(22(3,4)5)24-20-19(25-33(30,31)26-20)23-15-10-8-9-14(17(15)28)21(29)27(6)7/h8-11,18,28H,1-7H3,(H,23,25)(H,24,26)/t18-/m0/s1. The lowest BCUT2D eigenvalue weighted by Crippen LogP contribution is -2.32. The monoisotopic (exact) mass is 475 g/mol. The fraction of sp³-hybridized carbons (Fsp3) is 0.409. The Morgan fingerprint density at radius 3 is 2.48 bits per heavy atom. The highest BCUT2D eigenvalue weighted by Gasteiger charge is 2.34. The van der Waals surface area contributed by atoms with E-state index >= 15 is 0 Å². The van der Waals surface area contributed by atoms with Gasteiger partial charge in [-0.3, -0.25) is 9.79 Å². The average Bonchev–Trinajstić information content (AvgIpc) is 3.17. The number of anilines is 1. The number of phenolic OH excluding ortho intramolecular Hbond substituents is 1. The van der Waals surface area contributed by atoms with E-state index in [4.69, 9.17) is 4.42 Å². The van der Waals surface area contributed by atoms with Crippen molar-refractivity contribution in [3.05, 3.63) is 46.9 Å². The van der Waals surface area contributed by atoms with E-state index in [9.17, 15) is 18.3 Å². The van der Waals surface area contributed by atoms with Gasteiger partial charge in [-0.25, -0.2) is 4.72 Å². The number of amides is 1. The first-order valence-corrected chi connectivity index (χ1v) is 11.7. The fourth-order valence-electron chi connectivity index (χ4n) is 3.26. The van der Waals surface area contributed by atoms with Crippen molar-refractivity contribution in [2.24, 2.45) is 14.8 Å². The molecule has 1 aromatic carbocycles. The summed E-state index contributed by atoms with van der Waals surface area (Å²) in [4.78, 5) is 18.3. The minimum atomic E-state index is -4.04. The predicted octanol–water partition coefficient (Wildman–Crippen LogP) is 3.15. The second kappa shape index (κ2) is 8.54. The molecule has 1 aromatic heterocycles. The van der Waals surface area contributed by atoms with Crippen LogP contribution in [0.2, 0.25) is 0 Å². The lowest BCUT2D eigenvalue weighted by molar-refractivity contribution is 0.0824. The molecule has 11 heteroatoms. The van der Waals surface area contributed by atoms with Crippen molar-refractivity contribution < 1.29 is 22.7 Å². The van der Waals surface area contributed by atoms with E-state index in [0.717, 1.165) is 11.3 Å². The van der Waals surface area contributed by atoms with Crippen LogP contribution in [-0.2, 0) is 10.2 Å². The van der Waals surface area contributed by atoms with Gasteiger partial charge in [0.2, 0.25) is 0 Å². The van der Waals surface area contributed by atoms with Crippen LogP contribution >= 0.6 is 0 Å². The van der Waals surface area contributed by atoms with Gasteiger partial charge in [0.05, 0.1) is 11.3 Å². The number of amidine groups is 2. The maximum Gasteiger partial charge on any atom is 0.345 e. The van der Waals surface area contributed by atoms with Gasteiger partial charge in [-0.05, 0) is 43.0 Å². The van der Waals surface area contributed by atoms with Gasteiger partial charge >= 0.3 is 10.2 Å². The third-order valence-corrected chi connectivity index (χ3v) is 5.99. The molecular weight excluding hydrogens is 446 g/mol. The largest absolute Gasteiger partial charge is 0.505 e. The molecule has 10 nitrogen and oxygen atoms in total. The topological polar surface area (TPSA) is 137 Å². The zero-order valence-corrected chi connectivity index (χ0v) is 20.5. The van der Waals surface area contributed by atoms with Crippen molar-refractivity contribution in [3.63, 3.8) is 0 Å². The van der Waals surface area contributed by atoms with Crippen LogP contribution in [-0.4, -0.2) is 50.1 Å². The molecule has 3 rings (SSSR count). The molecule has 0 aliphatic carbocycles. The maximum absolute atomic E-state index is 12.3. The number of aromatic hydroxyl groups is 1. The molecular formula is C22H29N5O5S. The van der Waals surface area contributed by atoms with E-state index in [2.05, 4.69) is 19.4 Å². The van der Waals surface area contributed by atoms with Crippen molar-refractivity contribution in [1.29, 1.82) is 0 Å². The van der Waals surface area contributed by atoms with Crippen LogP contribution in [0.5, 0.6) is 5.75 Å². The molecule has 0 bridgehead atoms. The van der Waals surface area contributed by atoms with Crippen molar-refractivity contribution >= 4 is 33.5 Å². The summed E-state index contributed by atoms with van der Waals surface area (Å²) in [5, 5.41) is 13.4. The molecule has 2 heterocycles. The lowest BCUT2D eigenvalue weighted by Gasteiger charge is -2.26. The van der Waals surface area contributed by atoms with Gasteiger partial charge in [-0.1, -0.05) is 26.8 Å². The van der Waals surface area contributed by atoms with Gasteiger partial charge in [0.1, 0.15) is 17.6 Å². The Morgan fingerprint density at radius 2 is 1.94 bits per heavy atom. The number of benzene rings is 1. The first-order valence-electron chi connectivity index (χ1n) is 10.3. The first kappa shape index (κ1) is 24.3. The number of furan rings is 1. The number of nitrogens with one attached hydrogen (secondary N) is 2. The van der Waals surface area contributed by atoms with E-state index < -0.39 is 27.6 Å². The van der Waals surface area contributed by atoms with Gasteiger partial charge in [-0.2, -0.15) is 8.42 Å². The first-order chi connectivity index (χ1) is 15.2. The van der Waals surface area contributed by atoms with E-state index in [-0.39, 0.29) is 28.7 Å². The minimum Gasteiger partial charge on any atom is -0.505 e. The minimum absolute atomic E-state index is 0.0228. The third-order valence-electron chi connectivity index (χ3n) is 5.12. The number of hydrogen-bond donors (Lipinski definition) is 3. The van der Waals surface area contributed by atoms with Crippen molar-refractivity contribution in [3.8, 4) is 5.75 Å². The molecule has 1 atom stereocenters.